The summed E-state index contributed by atoms with van der Waals surface area (Å²) in [5, 5.41) is 2.69. The predicted molar refractivity (Wildman–Crippen MR) is 81.1 cm³/mol. The number of hydrogen-bond donors (Lipinski definition) is 1. The maximum Gasteiger partial charge on any atom is 0.375 e. The average Bonchev–Trinajstić information content (AvgIpc) is 2.85. The van der Waals surface area contributed by atoms with E-state index in [4.69, 9.17) is 9.15 Å². The normalized spacial score (nSPS) is 11.8. The van der Waals surface area contributed by atoms with Crippen LogP contribution in [0.4, 0.5) is 5.69 Å². The van der Waals surface area contributed by atoms with Gasteiger partial charge >= 0.3 is 5.97 Å². The maximum absolute atomic E-state index is 12.0. The molecule has 0 saturated carbocycles. The fourth-order valence-corrected chi connectivity index (χ4v) is 1.97. The lowest BCUT2D eigenvalue weighted by molar-refractivity contribution is -0.123. The quantitative estimate of drug-likeness (QED) is 0.855. The molecule has 1 amide bonds. The van der Waals surface area contributed by atoms with Gasteiger partial charge in [-0.2, -0.15) is 0 Å². The fraction of sp³-hybridized carbons (Fsp3) is 0.200. The van der Waals surface area contributed by atoms with Crippen LogP contribution in [0.1, 0.15) is 23.0 Å². The Labute approximate surface area is 130 Å². The van der Waals surface area contributed by atoms with Crippen molar-refractivity contribution in [1.29, 1.82) is 0 Å². The highest BCUT2D eigenvalue weighted by Gasteiger charge is 2.21. The summed E-state index contributed by atoms with van der Waals surface area (Å²) < 4.78 is 10.5. The zero-order chi connectivity index (χ0) is 15.4. The van der Waals surface area contributed by atoms with E-state index in [0.29, 0.717) is 10.4 Å². The lowest BCUT2D eigenvalue weighted by Crippen LogP contribution is -2.29. The molecule has 1 atom stereocenters. The van der Waals surface area contributed by atoms with Crippen molar-refractivity contribution in [2.45, 2.75) is 20.0 Å². The van der Waals surface area contributed by atoms with Crippen LogP contribution in [0, 0.1) is 6.92 Å². The van der Waals surface area contributed by atoms with Crippen molar-refractivity contribution in [3.8, 4) is 0 Å². The molecular formula is C15H14BrNO4. The minimum atomic E-state index is -0.929. The van der Waals surface area contributed by atoms with Crippen molar-refractivity contribution in [3.05, 3.63) is 52.4 Å². The molecule has 0 unspecified atom stereocenters. The molecule has 0 bridgehead atoms. The number of hydrogen-bond acceptors (Lipinski definition) is 4. The second-order valence-corrected chi connectivity index (χ2v) is 5.29. The Balaban J connectivity index is 1.95. The molecule has 0 radical (unpaired) electrons. The van der Waals surface area contributed by atoms with Crippen LogP contribution < -0.4 is 5.32 Å². The summed E-state index contributed by atoms with van der Waals surface area (Å²) in [6.07, 6.45) is -0.929. The number of nitrogens with one attached hydrogen (secondary N) is 1. The minimum Gasteiger partial charge on any atom is -0.447 e. The second-order valence-electron chi connectivity index (χ2n) is 4.51. The summed E-state index contributed by atoms with van der Waals surface area (Å²) in [5.74, 6) is -1.05. The number of carbonyl (C=O) groups is 2. The van der Waals surface area contributed by atoms with Gasteiger partial charge in [0.25, 0.3) is 5.91 Å². The van der Waals surface area contributed by atoms with E-state index in [-0.39, 0.29) is 5.76 Å². The van der Waals surface area contributed by atoms with Crippen LogP contribution in [0.5, 0.6) is 0 Å². The van der Waals surface area contributed by atoms with Crippen molar-refractivity contribution in [2.75, 3.05) is 5.32 Å². The number of anilines is 1. The van der Waals surface area contributed by atoms with E-state index >= 15 is 0 Å². The highest BCUT2D eigenvalue weighted by Crippen LogP contribution is 2.16. The van der Waals surface area contributed by atoms with E-state index in [2.05, 4.69) is 21.2 Å². The van der Waals surface area contributed by atoms with E-state index < -0.39 is 18.0 Å². The minimum absolute atomic E-state index is 0.0390. The number of benzene rings is 1. The van der Waals surface area contributed by atoms with Crippen LogP contribution in [0.15, 0.2) is 45.5 Å². The van der Waals surface area contributed by atoms with Crippen molar-refractivity contribution < 1.29 is 18.7 Å². The smallest absolute Gasteiger partial charge is 0.375 e. The largest absolute Gasteiger partial charge is 0.447 e. The summed E-state index contributed by atoms with van der Waals surface area (Å²) in [4.78, 5) is 23.7. The maximum atomic E-state index is 12.0. The summed E-state index contributed by atoms with van der Waals surface area (Å²) in [5.41, 5.74) is 1.68. The second kappa shape index (κ2) is 6.58. The number of amides is 1. The monoisotopic (exact) mass is 351 g/mol. The van der Waals surface area contributed by atoms with Crippen LogP contribution in [0.3, 0.4) is 0 Å². The number of halogens is 1. The van der Waals surface area contributed by atoms with Gasteiger partial charge in [-0.25, -0.2) is 4.79 Å². The van der Waals surface area contributed by atoms with E-state index in [1.54, 1.807) is 12.1 Å². The number of ether oxygens (including phenoxy) is 1. The third-order valence-corrected chi connectivity index (χ3v) is 3.14. The lowest BCUT2D eigenvalue weighted by atomic mass is 10.2. The predicted octanol–water partition coefficient (Wildman–Crippen LogP) is 3.53. The first kappa shape index (κ1) is 15.3. The molecule has 0 fully saturated rings. The number of furan rings is 1. The molecule has 2 aromatic rings. The molecule has 0 aliphatic rings. The topological polar surface area (TPSA) is 68.5 Å². The molecule has 110 valence electrons. The van der Waals surface area contributed by atoms with Crippen molar-refractivity contribution in [2.24, 2.45) is 0 Å². The summed E-state index contributed by atoms with van der Waals surface area (Å²) in [6.45, 7) is 3.43. The number of esters is 1. The van der Waals surface area contributed by atoms with Gasteiger partial charge in [-0.05, 0) is 59.6 Å². The first-order valence-electron chi connectivity index (χ1n) is 6.29. The third-order valence-electron chi connectivity index (χ3n) is 2.71. The Kier molecular flexibility index (Phi) is 4.80. The zero-order valence-corrected chi connectivity index (χ0v) is 13.1. The molecule has 0 aliphatic carbocycles. The zero-order valence-electron chi connectivity index (χ0n) is 11.6. The van der Waals surface area contributed by atoms with Crippen molar-refractivity contribution in [1.82, 2.24) is 0 Å². The van der Waals surface area contributed by atoms with Crippen molar-refractivity contribution >= 4 is 33.5 Å². The molecule has 0 spiro atoms. The van der Waals surface area contributed by atoms with Gasteiger partial charge in [0.2, 0.25) is 5.76 Å². The molecule has 0 aliphatic heterocycles. The first-order chi connectivity index (χ1) is 9.95. The van der Waals surface area contributed by atoms with Crippen LogP contribution in [0.25, 0.3) is 0 Å². The molecule has 2 rings (SSSR count). The Bertz CT molecular complexity index is 665. The molecule has 21 heavy (non-hydrogen) atoms. The van der Waals surface area contributed by atoms with Gasteiger partial charge in [0.1, 0.15) is 0 Å². The molecule has 1 aromatic heterocycles. The molecule has 5 nitrogen and oxygen atoms in total. The number of carbonyl (C=O) groups excluding carboxylic acids is 2. The van der Waals surface area contributed by atoms with E-state index in [1.165, 1.54) is 13.0 Å². The van der Waals surface area contributed by atoms with Gasteiger partial charge in [-0.15, -0.1) is 0 Å². The van der Waals surface area contributed by atoms with Gasteiger partial charge < -0.3 is 14.5 Å². The summed E-state index contributed by atoms with van der Waals surface area (Å²) in [6, 6.07) is 10.4. The molecule has 1 N–H and O–H groups in total. The molecule has 1 aromatic carbocycles. The lowest BCUT2D eigenvalue weighted by Gasteiger charge is -2.13. The van der Waals surface area contributed by atoms with Gasteiger partial charge in [0.15, 0.2) is 10.8 Å². The van der Waals surface area contributed by atoms with E-state index in [9.17, 15) is 9.59 Å². The fourth-order valence-electron chi connectivity index (χ4n) is 1.66. The average molecular weight is 352 g/mol. The highest BCUT2D eigenvalue weighted by molar-refractivity contribution is 9.10. The Morgan fingerprint density at radius 2 is 2.05 bits per heavy atom. The summed E-state index contributed by atoms with van der Waals surface area (Å²) >= 11 is 3.09. The number of aryl methyl sites for hydroxylation is 1. The number of rotatable bonds is 4. The molecule has 1 heterocycles. The Hall–Kier alpha value is -2.08. The van der Waals surface area contributed by atoms with Gasteiger partial charge in [0, 0.05) is 5.69 Å². The van der Waals surface area contributed by atoms with Crippen LogP contribution >= 0.6 is 15.9 Å². The standard InChI is InChI=1S/C15H14BrNO4/c1-9-4-3-5-11(8-9)17-14(18)10(2)20-15(19)12-6-7-13(16)21-12/h3-8,10H,1-2H3,(H,17,18)/t10-/m1/s1. The molecular weight excluding hydrogens is 338 g/mol. The summed E-state index contributed by atoms with van der Waals surface area (Å²) in [7, 11) is 0. The van der Waals surface area contributed by atoms with Crippen LogP contribution in [-0.4, -0.2) is 18.0 Å². The Morgan fingerprint density at radius 1 is 1.29 bits per heavy atom. The van der Waals surface area contributed by atoms with Crippen molar-refractivity contribution in [3.63, 3.8) is 0 Å². The van der Waals surface area contributed by atoms with E-state index in [1.807, 2.05) is 25.1 Å². The van der Waals surface area contributed by atoms with Gasteiger partial charge in [0.05, 0.1) is 0 Å². The SMILES string of the molecule is Cc1cccc(NC(=O)[C@@H](C)OC(=O)c2ccc(Br)o2)c1. The highest BCUT2D eigenvalue weighted by atomic mass is 79.9. The van der Waals surface area contributed by atoms with Crippen LogP contribution in [-0.2, 0) is 9.53 Å². The van der Waals surface area contributed by atoms with Crippen LogP contribution in [0.2, 0.25) is 0 Å². The third kappa shape index (κ3) is 4.19. The van der Waals surface area contributed by atoms with Gasteiger partial charge in [-0.1, -0.05) is 12.1 Å². The molecule has 6 heteroatoms. The first-order valence-corrected chi connectivity index (χ1v) is 7.09. The van der Waals surface area contributed by atoms with E-state index in [0.717, 1.165) is 5.56 Å². The van der Waals surface area contributed by atoms with Gasteiger partial charge in [-0.3, -0.25) is 4.79 Å². The molecule has 0 saturated heterocycles. The Morgan fingerprint density at radius 3 is 2.67 bits per heavy atom.